The van der Waals surface area contributed by atoms with Crippen molar-refractivity contribution in [1.82, 2.24) is 4.98 Å². The number of benzene rings is 2. The van der Waals surface area contributed by atoms with Gasteiger partial charge in [0.25, 0.3) is 5.91 Å². The number of carbonyl (C=O) groups excluding carboxylic acids is 1. The first kappa shape index (κ1) is 19.4. The number of hydrogen-bond acceptors (Lipinski definition) is 5. The third-order valence-corrected chi connectivity index (χ3v) is 5.96. The molecule has 6 heteroatoms. The van der Waals surface area contributed by atoms with E-state index in [1.54, 1.807) is 0 Å². The largest absolute Gasteiger partial charge is 0.489 e. The number of aromatic nitrogens is 1. The number of nitrogens with one attached hydrogen (secondary N) is 1. The van der Waals surface area contributed by atoms with Gasteiger partial charge in [-0.15, -0.1) is 0 Å². The van der Waals surface area contributed by atoms with Crippen LogP contribution < -0.4 is 19.9 Å². The van der Waals surface area contributed by atoms with E-state index in [0.29, 0.717) is 24.5 Å². The standard InChI is InChI=1S/C25H26N4O2/c1-17-8-11-23(26-16-17)29-13-14-31-24-20(6-3-7-21(24)29)25(30)27-19-10-9-18-5-4-12-28(2)22(18)15-19/h3,6-11,15-16H,4-5,12-14H2,1-2H3,(H,27,30). The summed E-state index contributed by atoms with van der Waals surface area (Å²) in [4.78, 5) is 22.1. The molecule has 3 heterocycles. The molecule has 0 spiro atoms. The number of para-hydroxylation sites is 1. The van der Waals surface area contributed by atoms with Crippen molar-refractivity contribution in [1.29, 1.82) is 0 Å². The number of pyridine rings is 1. The van der Waals surface area contributed by atoms with Gasteiger partial charge in [0.2, 0.25) is 0 Å². The summed E-state index contributed by atoms with van der Waals surface area (Å²) in [6, 6.07) is 15.9. The summed E-state index contributed by atoms with van der Waals surface area (Å²) >= 11 is 0. The fraction of sp³-hybridized carbons (Fsp3) is 0.280. The summed E-state index contributed by atoms with van der Waals surface area (Å²) in [7, 11) is 2.10. The summed E-state index contributed by atoms with van der Waals surface area (Å²) in [5.74, 6) is 1.28. The smallest absolute Gasteiger partial charge is 0.259 e. The summed E-state index contributed by atoms with van der Waals surface area (Å²) < 4.78 is 5.96. The van der Waals surface area contributed by atoms with Gasteiger partial charge in [0.15, 0.2) is 5.75 Å². The lowest BCUT2D eigenvalue weighted by Gasteiger charge is -2.31. The first-order chi connectivity index (χ1) is 15.1. The van der Waals surface area contributed by atoms with Gasteiger partial charge in [0.1, 0.15) is 12.4 Å². The Balaban J connectivity index is 1.44. The van der Waals surface area contributed by atoms with Crippen molar-refractivity contribution in [2.24, 2.45) is 0 Å². The minimum atomic E-state index is -0.172. The summed E-state index contributed by atoms with van der Waals surface area (Å²) in [5, 5.41) is 3.06. The number of fused-ring (bicyclic) bond motifs is 2. The van der Waals surface area contributed by atoms with Gasteiger partial charge in [-0.3, -0.25) is 4.79 Å². The minimum Gasteiger partial charge on any atom is -0.489 e. The summed E-state index contributed by atoms with van der Waals surface area (Å²) in [6.45, 7) is 4.24. The highest BCUT2D eigenvalue weighted by Crippen LogP contribution is 2.39. The molecule has 2 aliphatic heterocycles. The number of rotatable bonds is 3. The molecule has 0 bridgehead atoms. The van der Waals surface area contributed by atoms with Crippen molar-refractivity contribution < 1.29 is 9.53 Å². The van der Waals surface area contributed by atoms with E-state index in [9.17, 15) is 4.79 Å². The summed E-state index contributed by atoms with van der Waals surface area (Å²) in [5.41, 5.74) is 5.81. The molecule has 158 valence electrons. The Morgan fingerprint density at radius 1 is 1.10 bits per heavy atom. The number of amides is 1. The average Bonchev–Trinajstić information content (AvgIpc) is 2.79. The number of carbonyl (C=O) groups is 1. The molecular formula is C25H26N4O2. The maximum Gasteiger partial charge on any atom is 0.259 e. The van der Waals surface area contributed by atoms with Crippen LogP contribution in [0.1, 0.15) is 27.9 Å². The second-order valence-corrected chi connectivity index (χ2v) is 8.17. The molecule has 2 aliphatic rings. The molecule has 0 fully saturated rings. The lowest BCUT2D eigenvalue weighted by atomic mass is 10.0. The normalized spacial score (nSPS) is 15.0. The lowest BCUT2D eigenvalue weighted by molar-refractivity contribution is 0.102. The molecule has 31 heavy (non-hydrogen) atoms. The number of anilines is 4. The predicted molar refractivity (Wildman–Crippen MR) is 124 cm³/mol. The number of nitrogens with zero attached hydrogens (tertiary/aromatic N) is 3. The van der Waals surface area contributed by atoms with Crippen molar-refractivity contribution in [3.05, 3.63) is 71.4 Å². The SMILES string of the molecule is Cc1ccc(N2CCOc3c(C(=O)Nc4ccc5c(c4)N(C)CCC5)cccc32)nc1. The van der Waals surface area contributed by atoms with Crippen LogP contribution in [0.15, 0.2) is 54.7 Å². The van der Waals surface area contributed by atoms with E-state index >= 15 is 0 Å². The number of ether oxygens (including phenoxy) is 1. The Morgan fingerprint density at radius 3 is 2.84 bits per heavy atom. The van der Waals surface area contributed by atoms with Crippen LogP contribution in [-0.4, -0.2) is 37.6 Å². The second-order valence-electron chi connectivity index (χ2n) is 8.17. The van der Waals surface area contributed by atoms with Gasteiger partial charge in [0.05, 0.1) is 17.8 Å². The molecule has 0 unspecified atom stereocenters. The Morgan fingerprint density at radius 2 is 2.00 bits per heavy atom. The molecule has 1 N–H and O–H groups in total. The molecular weight excluding hydrogens is 388 g/mol. The molecule has 0 atom stereocenters. The van der Waals surface area contributed by atoms with Crippen LogP contribution in [0.3, 0.4) is 0 Å². The van der Waals surface area contributed by atoms with Gasteiger partial charge >= 0.3 is 0 Å². The Hall–Kier alpha value is -3.54. The molecule has 0 aliphatic carbocycles. The van der Waals surface area contributed by atoms with Crippen LogP contribution in [0.4, 0.5) is 22.9 Å². The molecule has 3 aromatic rings. The maximum atomic E-state index is 13.2. The van der Waals surface area contributed by atoms with Crippen LogP contribution in [0, 0.1) is 6.92 Å². The zero-order valence-electron chi connectivity index (χ0n) is 17.9. The van der Waals surface area contributed by atoms with Crippen LogP contribution in [-0.2, 0) is 6.42 Å². The zero-order chi connectivity index (χ0) is 21.4. The van der Waals surface area contributed by atoms with E-state index in [-0.39, 0.29) is 5.91 Å². The van der Waals surface area contributed by atoms with Crippen LogP contribution in [0.2, 0.25) is 0 Å². The van der Waals surface area contributed by atoms with Crippen molar-refractivity contribution in [3.8, 4) is 5.75 Å². The minimum absolute atomic E-state index is 0.172. The van der Waals surface area contributed by atoms with Crippen molar-refractivity contribution in [3.63, 3.8) is 0 Å². The van der Waals surface area contributed by atoms with Crippen LogP contribution >= 0.6 is 0 Å². The van der Waals surface area contributed by atoms with Gasteiger partial charge in [-0.1, -0.05) is 18.2 Å². The highest BCUT2D eigenvalue weighted by Gasteiger charge is 2.25. The fourth-order valence-corrected chi connectivity index (χ4v) is 4.32. The Bertz CT molecular complexity index is 1130. The Kier molecular flexibility index (Phi) is 4.98. The van der Waals surface area contributed by atoms with E-state index in [2.05, 4.69) is 39.3 Å². The Labute approximate surface area is 182 Å². The number of aryl methyl sites for hydroxylation is 2. The number of hydrogen-bond donors (Lipinski definition) is 1. The monoisotopic (exact) mass is 414 g/mol. The van der Waals surface area contributed by atoms with Crippen LogP contribution in [0.5, 0.6) is 5.75 Å². The van der Waals surface area contributed by atoms with Crippen molar-refractivity contribution in [2.75, 3.05) is 41.9 Å². The average molecular weight is 415 g/mol. The third-order valence-electron chi connectivity index (χ3n) is 5.96. The molecule has 1 amide bonds. The highest BCUT2D eigenvalue weighted by molar-refractivity contribution is 6.07. The van der Waals surface area contributed by atoms with Crippen molar-refractivity contribution in [2.45, 2.75) is 19.8 Å². The van der Waals surface area contributed by atoms with E-state index < -0.39 is 0 Å². The molecule has 6 nitrogen and oxygen atoms in total. The molecule has 0 saturated carbocycles. The summed E-state index contributed by atoms with van der Waals surface area (Å²) in [6.07, 6.45) is 4.10. The fourth-order valence-electron chi connectivity index (χ4n) is 4.32. The van der Waals surface area contributed by atoms with E-state index in [4.69, 9.17) is 4.74 Å². The maximum absolute atomic E-state index is 13.2. The molecule has 0 radical (unpaired) electrons. The van der Waals surface area contributed by atoms with Gasteiger partial charge in [-0.05, 0) is 61.2 Å². The highest BCUT2D eigenvalue weighted by atomic mass is 16.5. The first-order valence-corrected chi connectivity index (χ1v) is 10.7. The molecule has 2 aromatic carbocycles. The second kappa shape index (κ2) is 7.95. The van der Waals surface area contributed by atoms with Gasteiger partial charge < -0.3 is 19.9 Å². The quantitative estimate of drug-likeness (QED) is 0.681. The molecule has 1 aromatic heterocycles. The van der Waals surface area contributed by atoms with Crippen LogP contribution in [0.25, 0.3) is 0 Å². The van der Waals surface area contributed by atoms with E-state index in [1.165, 1.54) is 11.3 Å². The van der Waals surface area contributed by atoms with E-state index in [1.807, 2.05) is 49.5 Å². The molecule has 5 rings (SSSR count). The van der Waals surface area contributed by atoms with Gasteiger partial charge in [0, 0.05) is 31.2 Å². The predicted octanol–water partition coefficient (Wildman–Crippen LogP) is 4.56. The molecule has 0 saturated heterocycles. The zero-order valence-corrected chi connectivity index (χ0v) is 17.9. The third kappa shape index (κ3) is 3.69. The van der Waals surface area contributed by atoms with Gasteiger partial charge in [-0.2, -0.15) is 0 Å². The topological polar surface area (TPSA) is 57.7 Å². The van der Waals surface area contributed by atoms with E-state index in [0.717, 1.165) is 42.1 Å². The first-order valence-electron chi connectivity index (χ1n) is 10.7. The lowest BCUT2D eigenvalue weighted by Crippen LogP contribution is -2.30. The van der Waals surface area contributed by atoms with Gasteiger partial charge in [-0.25, -0.2) is 4.98 Å². The van der Waals surface area contributed by atoms with Crippen molar-refractivity contribution >= 4 is 28.8 Å².